The highest BCUT2D eigenvalue weighted by Gasteiger charge is 2.43. The van der Waals surface area contributed by atoms with Gasteiger partial charge in [-0.1, -0.05) is 24.3 Å². The van der Waals surface area contributed by atoms with E-state index in [0.717, 1.165) is 41.7 Å². The minimum absolute atomic E-state index is 0.0511. The van der Waals surface area contributed by atoms with Crippen LogP contribution in [0.3, 0.4) is 0 Å². The van der Waals surface area contributed by atoms with E-state index in [1.807, 2.05) is 6.08 Å². The number of Topliss-reactive ketones (excluding diaryl/α,β-unsaturated/α-hetero) is 1. The lowest BCUT2D eigenvalue weighted by Gasteiger charge is -2.29. The number of carbonyl (C=O) groups excluding carboxylic acids is 2. The van der Waals surface area contributed by atoms with Crippen molar-refractivity contribution in [2.24, 2.45) is 11.0 Å². The van der Waals surface area contributed by atoms with E-state index >= 15 is 0 Å². The van der Waals surface area contributed by atoms with Crippen molar-refractivity contribution in [1.29, 1.82) is 0 Å². The molecular weight excluding hydrogens is 474 g/mol. The summed E-state index contributed by atoms with van der Waals surface area (Å²) in [6, 6.07) is 18.7. The van der Waals surface area contributed by atoms with E-state index in [4.69, 9.17) is 9.84 Å². The number of hydrogen-bond donors (Lipinski definition) is 0. The maximum absolute atomic E-state index is 13.7. The summed E-state index contributed by atoms with van der Waals surface area (Å²) in [6.45, 7) is 1.25. The van der Waals surface area contributed by atoms with Gasteiger partial charge in [-0.15, -0.1) is 0 Å². The number of allylic oxidation sites excluding steroid dienone is 1. The molecule has 1 saturated carbocycles. The monoisotopic (exact) mass is 500 g/mol. The first-order valence-corrected chi connectivity index (χ1v) is 12.3. The van der Waals surface area contributed by atoms with Crippen molar-refractivity contribution in [3.63, 3.8) is 0 Å². The summed E-state index contributed by atoms with van der Waals surface area (Å²) in [5, 5.41) is 6.23. The summed E-state index contributed by atoms with van der Waals surface area (Å²) < 4.78 is 32.8. The standard InChI is InChI=1S/C30H26F2N2O3/c1-19(35)21-9-15-26(16-10-21)37-18-28(36)34-30(22-7-13-25(32)14-8-22)27-4-2-3-23(29(27)33-34)17-20-5-11-24(31)12-6-20/h5-17,27,30H,2-4,18H2,1H3. The minimum atomic E-state index is -0.385. The average Bonchev–Trinajstić information content (AvgIpc) is 3.30. The largest absolute Gasteiger partial charge is 0.484 e. The Morgan fingerprint density at radius 2 is 1.62 bits per heavy atom. The maximum Gasteiger partial charge on any atom is 0.281 e. The molecular formula is C30H26F2N2O3. The van der Waals surface area contributed by atoms with Gasteiger partial charge in [-0.25, -0.2) is 13.8 Å². The van der Waals surface area contributed by atoms with Crippen molar-refractivity contribution in [3.8, 4) is 5.75 Å². The van der Waals surface area contributed by atoms with Crippen LogP contribution in [0.15, 0.2) is 83.5 Å². The number of rotatable bonds is 6. The van der Waals surface area contributed by atoms with Crippen molar-refractivity contribution in [3.05, 3.63) is 107 Å². The van der Waals surface area contributed by atoms with Gasteiger partial charge < -0.3 is 4.74 Å². The van der Waals surface area contributed by atoms with E-state index in [9.17, 15) is 18.4 Å². The van der Waals surface area contributed by atoms with Crippen LogP contribution >= 0.6 is 0 Å². The van der Waals surface area contributed by atoms with Gasteiger partial charge in [-0.05, 0) is 97.5 Å². The molecule has 0 saturated heterocycles. The lowest BCUT2D eigenvalue weighted by Crippen LogP contribution is -2.34. The third-order valence-corrected chi connectivity index (χ3v) is 6.80. The van der Waals surface area contributed by atoms with Crippen molar-refractivity contribution in [1.82, 2.24) is 5.01 Å². The first kappa shape index (κ1) is 24.6. The Balaban J connectivity index is 1.43. The third-order valence-electron chi connectivity index (χ3n) is 6.80. The van der Waals surface area contributed by atoms with Crippen molar-refractivity contribution in [2.45, 2.75) is 32.2 Å². The summed E-state index contributed by atoms with van der Waals surface area (Å²) >= 11 is 0. The molecule has 2 atom stereocenters. The van der Waals surface area contributed by atoms with Gasteiger partial charge in [0, 0.05) is 11.5 Å². The molecule has 0 spiro atoms. The van der Waals surface area contributed by atoms with Crippen LogP contribution in [0.2, 0.25) is 0 Å². The van der Waals surface area contributed by atoms with Crippen LogP contribution in [0.25, 0.3) is 6.08 Å². The lowest BCUT2D eigenvalue weighted by molar-refractivity contribution is -0.135. The van der Waals surface area contributed by atoms with Crippen molar-refractivity contribution >= 4 is 23.5 Å². The third kappa shape index (κ3) is 5.35. The molecule has 5 nitrogen and oxygen atoms in total. The first-order valence-electron chi connectivity index (χ1n) is 12.3. The number of ether oxygens (including phenoxy) is 1. The average molecular weight is 501 g/mol. The van der Waals surface area contributed by atoms with E-state index in [1.54, 1.807) is 48.5 Å². The predicted molar refractivity (Wildman–Crippen MR) is 137 cm³/mol. The molecule has 1 aliphatic carbocycles. The second-order valence-electron chi connectivity index (χ2n) is 9.31. The Morgan fingerprint density at radius 1 is 0.973 bits per heavy atom. The Morgan fingerprint density at radius 3 is 2.27 bits per heavy atom. The first-order chi connectivity index (χ1) is 17.9. The molecule has 1 amide bonds. The van der Waals surface area contributed by atoms with Gasteiger partial charge in [0.15, 0.2) is 12.4 Å². The molecule has 1 fully saturated rings. The highest BCUT2D eigenvalue weighted by molar-refractivity contribution is 6.08. The van der Waals surface area contributed by atoms with Gasteiger partial charge in [0.1, 0.15) is 17.4 Å². The second-order valence-corrected chi connectivity index (χ2v) is 9.31. The SMILES string of the molecule is CC(=O)c1ccc(OCC(=O)N2N=C3C(=Cc4ccc(F)cc4)CCCC3C2c2ccc(F)cc2)cc1. The number of fused-ring (bicyclic) bond motifs is 1. The molecule has 0 radical (unpaired) electrons. The van der Waals surface area contributed by atoms with Gasteiger partial charge in [0.2, 0.25) is 0 Å². The number of halogens is 2. The number of ketones is 1. The van der Waals surface area contributed by atoms with Crippen LogP contribution < -0.4 is 4.74 Å². The van der Waals surface area contributed by atoms with Crippen molar-refractivity contribution < 1.29 is 23.1 Å². The number of amides is 1. The fourth-order valence-electron chi connectivity index (χ4n) is 4.96. The maximum atomic E-state index is 13.7. The van der Waals surface area contributed by atoms with E-state index in [0.29, 0.717) is 11.3 Å². The van der Waals surface area contributed by atoms with Crippen LogP contribution in [0, 0.1) is 17.6 Å². The van der Waals surface area contributed by atoms with E-state index in [-0.39, 0.29) is 41.9 Å². The Labute approximate surface area is 214 Å². The number of nitrogens with zero attached hydrogens (tertiary/aromatic N) is 2. The van der Waals surface area contributed by atoms with Gasteiger partial charge >= 0.3 is 0 Å². The second kappa shape index (κ2) is 10.5. The van der Waals surface area contributed by atoms with Gasteiger partial charge in [0.05, 0.1) is 11.8 Å². The molecule has 1 aliphatic heterocycles. The molecule has 188 valence electrons. The lowest BCUT2D eigenvalue weighted by atomic mass is 9.77. The zero-order valence-corrected chi connectivity index (χ0v) is 20.4. The van der Waals surface area contributed by atoms with Gasteiger partial charge in [-0.2, -0.15) is 5.10 Å². The number of hydrogen-bond acceptors (Lipinski definition) is 4. The summed E-state index contributed by atoms with van der Waals surface area (Å²) in [5.41, 5.74) is 4.05. The quantitative estimate of drug-likeness (QED) is 0.370. The van der Waals surface area contributed by atoms with E-state index in [1.165, 1.54) is 36.2 Å². The van der Waals surface area contributed by atoms with Crippen LogP contribution in [0.5, 0.6) is 5.75 Å². The molecule has 2 aliphatic rings. The van der Waals surface area contributed by atoms with Crippen LogP contribution in [-0.4, -0.2) is 29.0 Å². The fourth-order valence-corrected chi connectivity index (χ4v) is 4.96. The van der Waals surface area contributed by atoms with Gasteiger partial charge in [-0.3, -0.25) is 9.59 Å². The topological polar surface area (TPSA) is 59.0 Å². The highest BCUT2D eigenvalue weighted by atomic mass is 19.1. The zero-order valence-electron chi connectivity index (χ0n) is 20.4. The van der Waals surface area contributed by atoms with Crippen LogP contribution in [-0.2, 0) is 4.79 Å². The fraction of sp³-hybridized carbons (Fsp3) is 0.233. The smallest absolute Gasteiger partial charge is 0.281 e. The summed E-state index contributed by atoms with van der Waals surface area (Å²) in [5.74, 6) is -0.607. The van der Waals surface area contributed by atoms with Crippen molar-refractivity contribution in [2.75, 3.05) is 6.61 Å². The molecule has 3 aromatic rings. The number of benzene rings is 3. The molecule has 7 heteroatoms. The molecule has 5 rings (SSSR count). The molecule has 2 unspecified atom stereocenters. The number of carbonyl (C=O) groups is 2. The van der Waals surface area contributed by atoms with E-state index in [2.05, 4.69) is 0 Å². The minimum Gasteiger partial charge on any atom is -0.484 e. The summed E-state index contributed by atoms with van der Waals surface area (Å²) in [4.78, 5) is 24.9. The Kier molecular flexibility index (Phi) is 6.95. The van der Waals surface area contributed by atoms with Gasteiger partial charge in [0.25, 0.3) is 5.91 Å². The van der Waals surface area contributed by atoms with Crippen LogP contribution in [0.4, 0.5) is 8.78 Å². The highest BCUT2D eigenvalue weighted by Crippen LogP contribution is 2.44. The molecule has 1 heterocycles. The molecule has 0 aromatic heterocycles. The Hall–Kier alpha value is -4.13. The van der Waals surface area contributed by atoms with Crippen LogP contribution in [0.1, 0.15) is 53.7 Å². The molecule has 3 aromatic carbocycles. The molecule has 0 bridgehead atoms. The zero-order chi connectivity index (χ0) is 25.9. The predicted octanol–water partition coefficient (Wildman–Crippen LogP) is 6.37. The summed E-state index contributed by atoms with van der Waals surface area (Å²) in [6.07, 6.45) is 4.53. The molecule has 0 N–H and O–H groups in total. The van der Waals surface area contributed by atoms with E-state index < -0.39 is 0 Å². The summed E-state index contributed by atoms with van der Waals surface area (Å²) in [7, 11) is 0. The normalized spacial score (nSPS) is 19.9. The number of hydrazone groups is 1. The molecule has 37 heavy (non-hydrogen) atoms. The Bertz CT molecular complexity index is 1360.